The van der Waals surface area contributed by atoms with Gasteiger partial charge >= 0.3 is 0 Å². The molecule has 0 saturated heterocycles. The van der Waals surface area contributed by atoms with E-state index in [0.29, 0.717) is 0 Å². The number of para-hydroxylation sites is 3. The van der Waals surface area contributed by atoms with Crippen LogP contribution in [-0.2, 0) is 0 Å². The van der Waals surface area contributed by atoms with Crippen LogP contribution in [0.25, 0.3) is 88.4 Å². The van der Waals surface area contributed by atoms with Crippen LogP contribution in [0.3, 0.4) is 0 Å². The van der Waals surface area contributed by atoms with Crippen molar-refractivity contribution in [2.24, 2.45) is 0 Å². The van der Waals surface area contributed by atoms with Crippen molar-refractivity contribution in [3.05, 3.63) is 194 Å². The fourth-order valence-electron chi connectivity index (χ4n) is 7.75. The van der Waals surface area contributed by atoms with E-state index in [1.807, 2.05) is 0 Å². The molecule has 0 aliphatic carbocycles. The Kier molecular flexibility index (Phi) is 6.53. The van der Waals surface area contributed by atoms with Gasteiger partial charge in [-0.1, -0.05) is 127 Å². The van der Waals surface area contributed by atoms with Gasteiger partial charge in [0.1, 0.15) is 0 Å². The monoisotopic (exact) mass is 636 g/mol. The Bertz CT molecular complexity index is 2840. The minimum absolute atomic E-state index is 1.16. The van der Waals surface area contributed by atoms with Crippen LogP contribution in [0.2, 0.25) is 0 Å². The molecule has 2 nitrogen and oxygen atoms in total. The van der Waals surface area contributed by atoms with E-state index in [1.165, 1.54) is 82.7 Å². The predicted octanol–water partition coefficient (Wildman–Crippen LogP) is 12.9. The zero-order chi connectivity index (χ0) is 33.0. The van der Waals surface area contributed by atoms with Gasteiger partial charge in [0, 0.05) is 32.9 Å². The zero-order valence-electron chi connectivity index (χ0n) is 27.4. The molecule has 0 aliphatic heterocycles. The second-order valence-electron chi connectivity index (χ2n) is 13.0. The Balaban J connectivity index is 1.15. The molecule has 2 heteroatoms. The van der Waals surface area contributed by atoms with Crippen molar-refractivity contribution < 1.29 is 0 Å². The third-order valence-corrected chi connectivity index (χ3v) is 10.1. The molecule has 2 heterocycles. The van der Waals surface area contributed by atoms with Gasteiger partial charge in [-0.15, -0.1) is 0 Å². The van der Waals surface area contributed by atoms with Crippen LogP contribution in [0.15, 0.2) is 194 Å². The van der Waals surface area contributed by atoms with Crippen molar-refractivity contribution in [1.82, 2.24) is 9.13 Å². The van der Waals surface area contributed by atoms with Gasteiger partial charge in [-0.05, 0) is 100 Å². The maximum absolute atomic E-state index is 2.41. The maximum atomic E-state index is 2.41. The third kappa shape index (κ3) is 4.57. The van der Waals surface area contributed by atoms with E-state index in [4.69, 9.17) is 0 Å². The molecule has 0 amide bonds. The molecule has 0 bridgehead atoms. The molecule has 0 N–H and O–H groups in total. The fraction of sp³-hybridized carbons (Fsp3) is 0. The van der Waals surface area contributed by atoms with Crippen LogP contribution in [0.4, 0.5) is 0 Å². The molecule has 50 heavy (non-hydrogen) atoms. The summed E-state index contributed by atoms with van der Waals surface area (Å²) in [5.74, 6) is 0. The highest BCUT2D eigenvalue weighted by Gasteiger charge is 2.17. The highest BCUT2D eigenvalue weighted by molar-refractivity contribution is 6.13. The quantitative estimate of drug-likeness (QED) is 0.178. The van der Waals surface area contributed by atoms with E-state index in [-0.39, 0.29) is 0 Å². The number of hydrogen-bond acceptors (Lipinski definition) is 0. The summed E-state index contributed by atoms with van der Waals surface area (Å²) in [5, 5.41) is 5.01. The van der Waals surface area contributed by atoms with E-state index in [1.54, 1.807) is 0 Å². The van der Waals surface area contributed by atoms with Gasteiger partial charge in [0.15, 0.2) is 0 Å². The summed E-state index contributed by atoms with van der Waals surface area (Å²) in [5.41, 5.74) is 14.5. The topological polar surface area (TPSA) is 9.86 Å². The first kappa shape index (κ1) is 28.4. The standard InChI is InChI=1S/C48H32N2/c1-4-13-33(14-5-1)34-15-12-16-35(29-34)36-24-28-47-44(30-36)42-26-23-38(32-48(42)50(47)40-19-8-3-9-20-40)37-25-27-46-43(31-37)41-21-10-11-22-45(41)49(46)39-17-6-2-7-18-39/h1-32H. The molecular weight excluding hydrogens is 605 g/mol. The first-order chi connectivity index (χ1) is 24.8. The summed E-state index contributed by atoms with van der Waals surface area (Å²) in [6, 6.07) is 70.4. The Morgan fingerprint density at radius 1 is 0.220 bits per heavy atom. The first-order valence-corrected chi connectivity index (χ1v) is 17.2. The van der Waals surface area contributed by atoms with Crippen LogP contribution in [0, 0.1) is 0 Å². The Morgan fingerprint density at radius 2 is 0.640 bits per heavy atom. The minimum Gasteiger partial charge on any atom is -0.309 e. The predicted molar refractivity (Wildman–Crippen MR) is 211 cm³/mol. The van der Waals surface area contributed by atoms with Crippen molar-refractivity contribution >= 4 is 43.6 Å². The van der Waals surface area contributed by atoms with Gasteiger partial charge in [-0.2, -0.15) is 0 Å². The molecule has 0 fully saturated rings. The maximum Gasteiger partial charge on any atom is 0.0547 e. The summed E-state index contributed by atoms with van der Waals surface area (Å²) < 4.78 is 4.79. The lowest BCUT2D eigenvalue weighted by molar-refractivity contribution is 1.18. The van der Waals surface area contributed by atoms with Crippen LogP contribution in [0.5, 0.6) is 0 Å². The molecule has 0 radical (unpaired) electrons. The molecule has 0 unspecified atom stereocenters. The van der Waals surface area contributed by atoms with Gasteiger partial charge in [0.05, 0.1) is 22.1 Å². The van der Waals surface area contributed by atoms with Gasteiger partial charge in [0.25, 0.3) is 0 Å². The second kappa shape index (κ2) is 11.5. The number of fused-ring (bicyclic) bond motifs is 6. The number of nitrogens with zero attached hydrogens (tertiary/aromatic N) is 2. The molecule has 0 saturated carbocycles. The zero-order valence-corrected chi connectivity index (χ0v) is 27.4. The van der Waals surface area contributed by atoms with Crippen molar-refractivity contribution in [2.75, 3.05) is 0 Å². The fourth-order valence-corrected chi connectivity index (χ4v) is 7.75. The van der Waals surface area contributed by atoms with E-state index in [9.17, 15) is 0 Å². The second-order valence-corrected chi connectivity index (χ2v) is 13.0. The van der Waals surface area contributed by atoms with E-state index < -0.39 is 0 Å². The number of benzene rings is 8. The SMILES string of the molecule is c1ccc(-c2cccc(-c3ccc4c(c3)c3ccc(-c5ccc6c(c5)c5ccccc5n6-c5ccccc5)cc3n4-c3ccccc3)c2)cc1. The van der Waals surface area contributed by atoms with E-state index in [2.05, 4.69) is 203 Å². The van der Waals surface area contributed by atoms with Gasteiger partial charge in [0.2, 0.25) is 0 Å². The van der Waals surface area contributed by atoms with Crippen LogP contribution >= 0.6 is 0 Å². The van der Waals surface area contributed by atoms with E-state index in [0.717, 1.165) is 5.69 Å². The lowest BCUT2D eigenvalue weighted by Gasteiger charge is -2.10. The highest BCUT2D eigenvalue weighted by atomic mass is 15.0. The largest absolute Gasteiger partial charge is 0.309 e. The first-order valence-electron chi connectivity index (χ1n) is 17.2. The summed E-state index contributed by atoms with van der Waals surface area (Å²) in [7, 11) is 0. The summed E-state index contributed by atoms with van der Waals surface area (Å²) >= 11 is 0. The number of rotatable bonds is 5. The summed E-state index contributed by atoms with van der Waals surface area (Å²) in [6.45, 7) is 0. The molecule has 8 aromatic carbocycles. The third-order valence-electron chi connectivity index (χ3n) is 10.1. The number of aromatic nitrogens is 2. The van der Waals surface area contributed by atoms with Crippen molar-refractivity contribution in [2.45, 2.75) is 0 Å². The Hall–Kier alpha value is -6.64. The molecule has 10 aromatic rings. The highest BCUT2D eigenvalue weighted by Crippen LogP contribution is 2.39. The molecule has 0 atom stereocenters. The van der Waals surface area contributed by atoms with Gasteiger partial charge < -0.3 is 9.13 Å². The summed E-state index contributed by atoms with van der Waals surface area (Å²) in [6.07, 6.45) is 0. The molecule has 2 aromatic heterocycles. The van der Waals surface area contributed by atoms with Crippen LogP contribution in [-0.4, -0.2) is 9.13 Å². The van der Waals surface area contributed by atoms with Crippen LogP contribution < -0.4 is 0 Å². The smallest absolute Gasteiger partial charge is 0.0547 e. The van der Waals surface area contributed by atoms with Gasteiger partial charge in [-0.3, -0.25) is 0 Å². The minimum atomic E-state index is 1.16. The molecule has 0 aliphatic rings. The average Bonchev–Trinajstić information content (AvgIpc) is 3.70. The summed E-state index contributed by atoms with van der Waals surface area (Å²) in [4.78, 5) is 0. The molecule has 0 spiro atoms. The van der Waals surface area contributed by atoms with Crippen molar-refractivity contribution in [3.8, 4) is 44.8 Å². The van der Waals surface area contributed by atoms with E-state index >= 15 is 0 Å². The van der Waals surface area contributed by atoms with Crippen LogP contribution in [0.1, 0.15) is 0 Å². The van der Waals surface area contributed by atoms with Crippen molar-refractivity contribution in [1.29, 1.82) is 0 Å². The molecule has 234 valence electrons. The Labute approximate surface area is 290 Å². The molecular formula is C48H32N2. The average molecular weight is 637 g/mol. The lowest BCUT2D eigenvalue weighted by Crippen LogP contribution is -1.94. The van der Waals surface area contributed by atoms with Gasteiger partial charge in [-0.25, -0.2) is 0 Å². The van der Waals surface area contributed by atoms with Crippen molar-refractivity contribution in [3.63, 3.8) is 0 Å². The number of hydrogen-bond donors (Lipinski definition) is 0. The lowest BCUT2D eigenvalue weighted by atomic mass is 9.97. The molecule has 10 rings (SSSR count). The Morgan fingerprint density at radius 3 is 1.28 bits per heavy atom. The normalized spacial score (nSPS) is 11.6.